The monoisotopic (exact) mass is 482 g/mol. The van der Waals surface area contributed by atoms with E-state index in [0.29, 0.717) is 53.4 Å². The molecule has 1 fully saturated rings. The van der Waals surface area contributed by atoms with Crippen LogP contribution in [-0.2, 0) is 9.53 Å². The van der Waals surface area contributed by atoms with E-state index >= 15 is 0 Å². The van der Waals surface area contributed by atoms with Gasteiger partial charge in [0.25, 0.3) is 5.91 Å². The number of anilines is 1. The quantitative estimate of drug-likeness (QED) is 0.491. The van der Waals surface area contributed by atoms with E-state index in [4.69, 9.17) is 13.9 Å². The van der Waals surface area contributed by atoms with Crippen molar-refractivity contribution < 1.29 is 28.3 Å². The third kappa shape index (κ3) is 4.99. The van der Waals surface area contributed by atoms with Crippen LogP contribution in [0.1, 0.15) is 40.5 Å². The Labute approximate surface area is 201 Å². The Hall–Kier alpha value is -3.59. The minimum atomic E-state index is -0.495. The van der Waals surface area contributed by atoms with Crippen LogP contribution in [0.4, 0.5) is 5.00 Å². The molecular formula is C25H26N2O6S. The number of piperidine rings is 1. The first kappa shape index (κ1) is 23.6. The summed E-state index contributed by atoms with van der Waals surface area (Å²) in [4.78, 5) is 40.3. The fourth-order valence-corrected chi connectivity index (χ4v) is 4.96. The van der Waals surface area contributed by atoms with Gasteiger partial charge in [-0.15, -0.1) is 11.3 Å². The first-order valence-electron chi connectivity index (χ1n) is 11.1. The first-order valence-corrected chi connectivity index (χ1v) is 11.9. The summed E-state index contributed by atoms with van der Waals surface area (Å²) in [5.41, 5.74) is 2.29. The third-order valence-corrected chi connectivity index (χ3v) is 6.65. The van der Waals surface area contributed by atoms with Gasteiger partial charge in [0.2, 0.25) is 5.91 Å². The number of thiophene rings is 1. The highest BCUT2D eigenvalue weighted by Gasteiger charge is 2.31. The summed E-state index contributed by atoms with van der Waals surface area (Å²) in [7, 11) is 1.59. The van der Waals surface area contributed by atoms with Crippen molar-refractivity contribution in [2.24, 2.45) is 5.92 Å². The fourth-order valence-electron chi connectivity index (χ4n) is 4.00. The van der Waals surface area contributed by atoms with E-state index in [0.717, 1.165) is 5.56 Å². The van der Waals surface area contributed by atoms with Crippen LogP contribution in [0.3, 0.4) is 0 Å². The average Bonchev–Trinajstić information content (AvgIpc) is 3.54. The molecule has 1 atom stereocenters. The molecule has 1 aliphatic rings. The van der Waals surface area contributed by atoms with Crippen molar-refractivity contribution in [1.82, 2.24) is 4.90 Å². The van der Waals surface area contributed by atoms with Crippen molar-refractivity contribution in [2.45, 2.75) is 19.8 Å². The largest absolute Gasteiger partial charge is 0.497 e. The van der Waals surface area contributed by atoms with Gasteiger partial charge >= 0.3 is 5.97 Å². The number of esters is 1. The van der Waals surface area contributed by atoms with Gasteiger partial charge in [-0.2, -0.15) is 0 Å². The van der Waals surface area contributed by atoms with Crippen molar-refractivity contribution >= 4 is 34.1 Å². The zero-order valence-electron chi connectivity index (χ0n) is 19.0. The lowest BCUT2D eigenvalue weighted by Crippen LogP contribution is -2.43. The summed E-state index contributed by atoms with van der Waals surface area (Å²) in [6, 6.07) is 8.96. The molecule has 34 heavy (non-hydrogen) atoms. The van der Waals surface area contributed by atoms with Crippen molar-refractivity contribution in [1.29, 1.82) is 0 Å². The van der Waals surface area contributed by atoms with Crippen LogP contribution in [-0.4, -0.2) is 49.5 Å². The van der Waals surface area contributed by atoms with Gasteiger partial charge < -0.3 is 24.1 Å². The maximum atomic E-state index is 13.2. The Kier molecular flexibility index (Phi) is 7.32. The van der Waals surface area contributed by atoms with Crippen LogP contribution < -0.4 is 10.1 Å². The van der Waals surface area contributed by atoms with E-state index in [-0.39, 0.29) is 24.3 Å². The standard InChI is InChI=1S/C25H26N2O6S/c1-3-33-25(30)21-20(16-6-8-19(31-2)9-7-16)15-34-23(21)26-22(28)17-5-4-11-27(13-17)24(29)18-10-12-32-14-18/h6-10,12,14-15,17H,3-5,11,13H2,1-2H3,(H,26,28)/t17-/m1/s1. The Balaban J connectivity index is 1.54. The molecule has 8 nitrogen and oxygen atoms in total. The number of furan rings is 1. The smallest absolute Gasteiger partial charge is 0.341 e. The van der Waals surface area contributed by atoms with Crippen molar-refractivity contribution in [3.05, 3.63) is 59.4 Å². The Morgan fingerprint density at radius 3 is 2.68 bits per heavy atom. The molecule has 0 spiro atoms. The van der Waals surface area contributed by atoms with Crippen LogP contribution in [0.2, 0.25) is 0 Å². The predicted molar refractivity (Wildman–Crippen MR) is 128 cm³/mol. The SMILES string of the molecule is CCOC(=O)c1c(-c2ccc(OC)cc2)csc1NC(=O)[C@@H]1CCCN(C(=O)c2ccoc2)C1. The summed E-state index contributed by atoms with van der Waals surface area (Å²) in [6.45, 7) is 2.85. The van der Waals surface area contributed by atoms with E-state index < -0.39 is 5.97 Å². The molecule has 0 unspecified atom stereocenters. The molecule has 1 saturated heterocycles. The number of nitrogens with one attached hydrogen (secondary N) is 1. The Morgan fingerprint density at radius 1 is 1.21 bits per heavy atom. The van der Waals surface area contributed by atoms with Crippen molar-refractivity contribution in [3.63, 3.8) is 0 Å². The van der Waals surface area contributed by atoms with Gasteiger partial charge in [0.1, 0.15) is 22.6 Å². The number of benzene rings is 1. The zero-order chi connectivity index (χ0) is 24.1. The van der Waals surface area contributed by atoms with Gasteiger partial charge in [0.05, 0.1) is 31.5 Å². The molecule has 3 heterocycles. The number of carbonyl (C=O) groups excluding carboxylic acids is 3. The third-order valence-electron chi connectivity index (χ3n) is 5.76. The molecular weight excluding hydrogens is 456 g/mol. The molecule has 1 aromatic carbocycles. The number of rotatable bonds is 7. The molecule has 0 bridgehead atoms. The van der Waals surface area contributed by atoms with Crippen LogP contribution in [0.25, 0.3) is 11.1 Å². The second-order valence-corrected chi connectivity index (χ2v) is 8.77. The number of methoxy groups -OCH3 is 1. The number of amides is 2. The zero-order valence-corrected chi connectivity index (χ0v) is 19.9. The highest BCUT2D eigenvalue weighted by molar-refractivity contribution is 7.15. The van der Waals surface area contributed by atoms with Crippen molar-refractivity contribution in [2.75, 3.05) is 32.1 Å². The summed E-state index contributed by atoms with van der Waals surface area (Å²) in [5.74, 6) is -0.553. The topological polar surface area (TPSA) is 98.1 Å². The van der Waals surface area contributed by atoms with Crippen LogP contribution in [0.5, 0.6) is 5.75 Å². The number of likely N-dealkylation sites (tertiary alicyclic amines) is 1. The first-order chi connectivity index (χ1) is 16.5. The van der Waals surface area contributed by atoms with Crippen LogP contribution in [0, 0.1) is 5.92 Å². The summed E-state index contributed by atoms with van der Waals surface area (Å²) in [5, 5.41) is 5.19. The molecule has 9 heteroatoms. The molecule has 0 saturated carbocycles. The lowest BCUT2D eigenvalue weighted by atomic mass is 9.96. The highest BCUT2D eigenvalue weighted by Crippen LogP contribution is 2.37. The molecule has 2 aromatic heterocycles. The molecule has 4 rings (SSSR count). The lowest BCUT2D eigenvalue weighted by molar-refractivity contribution is -0.121. The van der Waals surface area contributed by atoms with Gasteiger partial charge in [0.15, 0.2) is 0 Å². The summed E-state index contributed by atoms with van der Waals surface area (Å²) < 4.78 is 15.5. The Morgan fingerprint density at radius 2 is 2.00 bits per heavy atom. The van der Waals surface area contributed by atoms with Gasteiger partial charge in [-0.3, -0.25) is 9.59 Å². The maximum absolute atomic E-state index is 13.2. The second kappa shape index (κ2) is 10.6. The van der Waals surface area contributed by atoms with E-state index in [2.05, 4.69) is 5.32 Å². The Bertz CT molecular complexity index is 1150. The molecule has 1 aliphatic heterocycles. The fraction of sp³-hybridized carbons (Fsp3) is 0.320. The highest BCUT2D eigenvalue weighted by atomic mass is 32.1. The lowest BCUT2D eigenvalue weighted by Gasteiger charge is -2.31. The predicted octanol–water partition coefficient (Wildman–Crippen LogP) is 4.68. The summed E-state index contributed by atoms with van der Waals surface area (Å²) >= 11 is 1.28. The van der Waals surface area contributed by atoms with Gasteiger partial charge in [-0.1, -0.05) is 12.1 Å². The minimum Gasteiger partial charge on any atom is -0.497 e. The van der Waals surface area contributed by atoms with Crippen molar-refractivity contribution in [3.8, 4) is 16.9 Å². The maximum Gasteiger partial charge on any atom is 0.341 e. The molecule has 0 radical (unpaired) electrons. The van der Waals surface area contributed by atoms with E-state index in [1.54, 1.807) is 25.0 Å². The average molecular weight is 483 g/mol. The van der Waals surface area contributed by atoms with E-state index in [9.17, 15) is 14.4 Å². The number of carbonyl (C=O) groups is 3. The van der Waals surface area contributed by atoms with E-state index in [1.165, 1.54) is 23.9 Å². The second-order valence-electron chi connectivity index (χ2n) is 7.89. The van der Waals surface area contributed by atoms with Crippen LogP contribution in [0.15, 0.2) is 52.7 Å². The molecule has 0 aliphatic carbocycles. The number of hydrogen-bond acceptors (Lipinski definition) is 7. The number of ether oxygens (including phenoxy) is 2. The molecule has 2 amide bonds. The molecule has 3 aromatic rings. The number of hydrogen-bond donors (Lipinski definition) is 1. The van der Waals surface area contributed by atoms with Gasteiger partial charge in [0, 0.05) is 24.0 Å². The normalized spacial score (nSPS) is 15.6. The van der Waals surface area contributed by atoms with Gasteiger partial charge in [-0.25, -0.2) is 4.79 Å². The number of nitrogens with zero attached hydrogens (tertiary/aromatic N) is 1. The minimum absolute atomic E-state index is 0.156. The van der Waals surface area contributed by atoms with E-state index in [1.807, 2.05) is 29.6 Å². The molecule has 178 valence electrons. The van der Waals surface area contributed by atoms with Gasteiger partial charge in [-0.05, 0) is 43.5 Å². The van der Waals surface area contributed by atoms with Crippen LogP contribution >= 0.6 is 11.3 Å². The molecule has 1 N–H and O–H groups in total. The summed E-state index contributed by atoms with van der Waals surface area (Å²) in [6.07, 6.45) is 4.24.